The normalized spacial score (nSPS) is 11.1. The van der Waals surface area contributed by atoms with Crippen LogP contribution in [0.5, 0.6) is 0 Å². The summed E-state index contributed by atoms with van der Waals surface area (Å²) in [5.41, 5.74) is -0.287. The van der Waals surface area contributed by atoms with Crippen LogP contribution >= 0.6 is 24.0 Å². The van der Waals surface area contributed by atoms with E-state index in [2.05, 4.69) is 15.7 Å². The third-order valence-corrected chi connectivity index (χ3v) is 3.26. The number of aryl methyl sites for hydroxylation is 1. The minimum Gasteiger partial charge on any atom is -0.311 e. The highest BCUT2D eigenvalue weighted by atomic mass is 35.5. The van der Waals surface area contributed by atoms with Crippen LogP contribution in [0.2, 0.25) is 5.02 Å². The van der Waals surface area contributed by atoms with Gasteiger partial charge in [0.25, 0.3) is 0 Å². The smallest absolute Gasteiger partial charge is 0.311 e. The molecular weight excluding hydrogens is 368 g/mol. The Morgan fingerprint density at radius 3 is 2.58 bits per heavy atom. The molecule has 0 radical (unpaired) electrons. The molecule has 0 aliphatic heterocycles. The van der Waals surface area contributed by atoms with Crippen LogP contribution in [0, 0.1) is 6.92 Å². The molecule has 1 heterocycles. The number of hydrogen-bond donors (Lipinski definition) is 2. The van der Waals surface area contributed by atoms with Crippen LogP contribution in [0.25, 0.3) is 5.69 Å². The molecule has 132 valence electrons. The van der Waals surface area contributed by atoms with Crippen molar-refractivity contribution in [2.75, 3.05) is 18.9 Å². The lowest BCUT2D eigenvalue weighted by Crippen LogP contribution is -2.26. The molecule has 0 unspecified atom stereocenters. The summed E-state index contributed by atoms with van der Waals surface area (Å²) >= 11 is 6.01. The molecule has 1 aromatic heterocycles. The van der Waals surface area contributed by atoms with Crippen molar-refractivity contribution >= 4 is 35.7 Å². The van der Waals surface area contributed by atoms with Crippen molar-refractivity contribution in [1.82, 2.24) is 15.1 Å². The molecule has 0 spiro atoms. The second-order valence-electron chi connectivity index (χ2n) is 4.83. The Balaban J connectivity index is 0.00000288. The lowest BCUT2D eigenvalue weighted by atomic mass is 10.2. The predicted octanol–water partition coefficient (Wildman–Crippen LogP) is 3.43. The summed E-state index contributed by atoms with van der Waals surface area (Å²) < 4.78 is 39.8. The van der Waals surface area contributed by atoms with Crippen molar-refractivity contribution in [3.8, 4) is 5.69 Å². The molecular formula is C14H15Cl2F3N4O. The van der Waals surface area contributed by atoms with E-state index in [0.717, 1.165) is 18.2 Å². The molecule has 0 saturated carbocycles. The number of nitrogens with one attached hydrogen (secondary N) is 2. The molecule has 10 heteroatoms. The Bertz CT molecular complexity index is 731. The fourth-order valence-electron chi connectivity index (χ4n) is 1.97. The number of likely N-dealkylation sites (N-methyl/N-ethyl adjacent to an activating group) is 1. The number of nitrogens with zero attached hydrogens (tertiary/aromatic N) is 2. The van der Waals surface area contributed by atoms with E-state index in [1.165, 1.54) is 4.68 Å². The number of alkyl halides is 3. The third kappa shape index (κ3) is 4.62. The van der Waals surface area contributed by atoms with Crippen LogP contribution in [0.4, 0.5) is 19.0 Å². The summed E-state index contributed by atoms with van der Waals surface area (Å²) in [6, 6.07) is 4.48. The Kier molecular flexibility index (Phi) is 6.65. The van der Waals surface area contributed by atoms with E-state index in [9.17, 15) is 18.0 Å². The first-order valence-corrected chi connectivity index (χ1v) is 6.98. The van der Waals surface area contributed by atoms with Gasteiger partial charge in [-0.05, 0) is 32.2 Å². The summed E-state index contributed by atoms with van der Waals surface area (Å²) in [6.45, 7) is 1.71. The van der Waals surface area contributed by atoms with Crippen LogP contribution in [0.3, 0.4) is 0 Å². The van der Waals surface area contributed by atoms with E-state index < -0.39 is 11.7 Å². The van der Waals surface area contributed by atoms with Crippen LogP contribution in [-0.4, -0.2) is 29.3 Å². The maximum atomic E-state index is 12.9. The quantitative estimate of drug-likeness (QED) is 0.851. The maximum absolute atomic E-state index is 12.9. The second kappa shape index (κ2) is 7.87. The summed E-state index contributed by atoms with van der Waals surface area (Å²) in [6.07, 6.45) is -4.50. The zero-order chi connectivity index (χ0) is 17.2. The van der Waals surface area contributed by atoms with Gasteiger partial charge in [-0.25, -0.2) is 4.68 Å². The van der Waals surface area contributed by atoms with Crippen LogP contribution in [0.15, 0.2) is 24.3 Å². The standard InChI is InChI=1S/C14H14ClF3N4O.ClH/c1-8-5-12(20-13(23)7-19-2)22(21-8)11-6-9(14(16,17)18)3-4-10(11)15;/h3-6,19H,7H2,1-2H3,(H,20,23);1H. The Morgan fingerprint density at radius 2 is 2.00 bits per heavy atom. The maximum Gasteiger partial charge on any atom is 0.416 e. The summed E-state index contributed by atoms with van der Waals surface area (Å²) in [7, 11) is 1.60. The van der Waals surface area contributed by atoms with Gasteiger partial charge in [-0.3, -0.25) is 4.79 Å². The number of rotatable bonds is 4. The van der Waals surface area contributed by atoms with Gasteiger partial charge in [-0.1, -0.05) is 11.6 Å². The number of carbonyl (C=O) groups is 1. The number of amides is 1. The van der Waals surface area contributed by atoms with Gasteiger partial charge in [0, 0.05) is 6.07 Å². The Labute approximate surface area is 147 Å². The Morgan fingerprint density at radius 1 is 1.33 bits per heavy atom. The van der Waals surface area contributed by atoms with Gasteiger partial charge in [0.1, 0.15) is 5.82 Å². The van der Waals surface area contributed by atoms with E-state index in [4.69, 9.17) is 11.6 Å². The summed E-state index contributed by atoms with van der Waals surface area (Å²) in [5, 5.41) is 9.45. The Hall–Kier alpha value is -1.77. The molecule has 2 rings (SSSR count). The van der Waals surface area contributed by atoms with Gasteiger partial charge < -0.3 is 10.6 Å². The fourth-order valence-corrected chi connectivity index (χ4v) is 2.17. The zero-order valence-electron chi connectivity index (χ0n) is 12.7. The lowest BCUT2D eigenvalue weighted by molar-refractivity contribution is -0.137. The highest BCUT2D eigenvalue weighted by Gasteiger charge is 2.31. The molecule has 5 nitrogen and oxygen atoms in total. The molecule has 0 bridgehead atoms. The molecule has 0 atom stereocenters. The second-order valence-corrected chi connectivity index (χ2v) is 5.23. The number of carbonyl (C=O) groups excluding carboxylic acids is 1. The highest BCUT2D eigenvalue weighted by molar-refractivity contribution is 6.32. The van der Waals surface area contributed by atoms with Crippen molar-refractivity contribution < 1.29 is 18.0 Å². The van der Waals surface area contributed by atoms with Gasteiger partial charge in [0.15, 0.2) is 0 Å². The average Bonchev–Trinajstić information content (AvgIpc) is 2.78. The first-order chi connectivity index (χ1) is 10.7. The van der Waals surface area contributed by atoms with Gasteiger partial charge in [-0.15, -0.1) is 12.4 Å². The zero-order valence-corrected chi connectivity index (χ0v) is 14.3. The van der Waals surface area contributed by atoms with Crippen molar-refractivity contribution in [1.29, 1.82) is 0 Å². The van der Waals surface area contributed by atoms with Crippen molar-refractivity contribution in [2.24, 2.45) is 0 Å². The first-order valence-electron chi connectivity index (χ1n) is 6.60. The SMILES string of the molecule is CNCC(=O)Nc1cc(C)nn1-c1cc(C(F)(F)F)ccc1Cl.Cl. The minimum absolute atomic E-state index is 0. The molecule has 2 N–H and O–H groups in total. The summed E-state index contributed by atoms with van der Waals surface area (Å²) in [5.74, 6) is -0.110. The number of aromatic nitrogens is 2. The van der Waals surface area contributed by atoms with Crippen LogP contribution in [-0.2, 0) is 11.0 Å². The molecule has 2 aromatic rings. The molecule has 1 aromatic carbocycles. The van der Waals surface area contributed by atoms with Gasteiger partial charge in [0.05, 0.1) is 28.5 Å². The summed E-state index contributed by atoms with van der Waals surface area (Å²) in [4.78, 5) is 11.7. The number of anilines is 1. The largest absolute Gasteiger partial charge is 0.416 e. The van der Waals surface area contributed by atoms with Gasteiger partial charge in [-0.2, -0.15) is 18.3 Å². The van der Waals surface area contributed by atoms with Crippen molar-refractivity contribution in [2.45, 2.75) is 13.1 Å². The van der Waals surface area contributed by atoms with Crippen molar-refractivity contribution in [3.05, 3.63) is 40.5 Å². The average molecular weight is 383 g/mol. The molecule has 0 saturated heterocycles. The highest BCUT2D eigenvalue weighted by Crippen LogP contribution is 2.34. The fraction of sp³-hybridized carbons (Fsp3) is 0.286. The van der Waals surface area contributed by atoms with Gasteiger partial charge in [0.2, 0.25) is 5.91 Å². The molecule has 1 amide bonds. The number of benzene rings is 1. The number of halogens is 5. The predicted molar refractivity (Wildman–Crippen MR) is 88.1 cm³/mol. The van der Waals surface area contributed by atoms with E-state index in [-0.39, 0.29) is 41.4 Å². The molecule has 24 heavy (non-hydrogen) atoms. The first kappa shape index (κ1) is 20.3. The van der Waals surface area contributed by atoms with Crippen LogP contribution < -0.4 is 10.6 Å². The van der Waals surface area contributed by atoms with E-state index in [0.29, 0.717) is 5.69 Å². The van der Waals surface area contributed by atoms with Crippen LogP contribution in [0.1, 0.15) is 11.3 Å². The lowest BCUT2D eigenvalue weighted by Gasteiger charge is -2.13. The third-order valence-electron chi connectivity index (χ3n) is 2.94. The van der Waals surface area contributed by atoms with E-state index in [1.54, 1.807) is 20.0 Å². The van der Waals surface area contributed by atoms with E-state index in [1.807, 2.05) is 0 Å². The minimum atomic E-state index is -4.50. The monoisotopic (exact) mass is 382 g/mol. The number of hydrogen-bond acceptors (Lipinski definition) is 3. The molecule has 0 aliphatic rings. The van der Waals surface area contributed by atoms with Crippen molar-refractivity contribution in [3.63, 3.8) is 0 Å². The van der Waals surface area contributed by atoms with Gasteiger partial charge >= 0.3 is 6.18 Å². The topological polar surface area (TPSA) is 59.0 Å². The molecule has 0 aliphatic carbocycles. The van der Waals surface area contributed by atoms with E-state index >= 15 is 0 Å². The molecule has 0 fully saturated rings.